The van der Waals surface area contributed by atoms with Crippen LogP contribution >= 0.6 is 0 Å². The van der Waals surface area contributed by atoms with Crippen molar-refractivity contribution in [1.29, 1.82) is 0 Å². The zero-order valence-corrected chi connectivity index (χ0v) is 12.3. The van der Waals surface area contributed by atoms with Crippen LogP contribution in [0.4, 0.5) is 4.39 Å². The monoisotopic (exact) mass is 273 g/mol. The van der Waals surface area contributed by atoms with E-state index in [9.17, 15) is 4.39 Å². The Kier molecular flexibility index (Phi) is 4.09. The molecule has 2 aromatic carbocycles. The predicted octanol–water partition coefficient (Wildman–Crippen LogP) is 4.56. The minimum Gasteiger partial charge on any atom is -0.457 e. The van der Waals surface area contributed by atoms with Gasteiger partial charge >= 0.3 is 0 Å². The molecule has 0 saturated carbocycles. The van der Waals surface area contributed by atoms with Crippen molar-refractivity contribution in [1.82, 2.24) is 0 Å². The second kappa shape index (κ2) is 5.63. The van der Waals surface area contributed by atoms with Gasteiger partial charge in [0, 0.05) is 11.6 Å². The molecule has 2 rings (SSSR count). The van der Waals surface area contributed by atoms with Crippen LogP contribution in [-0.2, 0) is 0 Å². The topological polar surface area (TPSA) is 35.2 Å². The van der Waals surface area contributed by atoms with Crippen LogP contribution in [0.2, 0.25) is 0 Å². The maximum absolute atomic E-state index is 13.9. The molecule has 0 aliphatic carbocycles. The first-order valence-electron chi connectivity index (χ1n) is 6.70. The van der Waals surface area contributed by atoms with E-state index in [0.29, 0.717) is 11.3 Å². The van der Waals surface area contributed by atoms with E-state index < -0.39 is 6.04 Å². The Balaban J connectivity index is 2.48. The number of aryl methyl sites for hydroxylation is 2. The van der Waals surface area contributed by atoms with Gasteiger partial charge < -0.3 is 10.5 Å². The molecule has 0 bridgehead atoms. The van der Waals surface area contributed by atoms with Crippen LogP contribution in [0.1, 0.15) is 35.2 Å². The highest BCUT2D eigenvalue weighted by Crippen LogP contribution is 2.33. The Labute approximate surface area is 119 Å². The zero-order valence-electron chi connectivity index (χ0n) is 12.3. The van der Waals surface area contributed by atoms with Gasteiger partial charge in [0.1, 0.15) is 17.3 Å². The lowest BCUT2D eigenvalue weighted by molar-refractivity contribution is 0.457. The molecule has 2 N–H and O–H groups in total. The molecule has 0 aliphatic heterocycles. The number of benzene rings is 2. The molecule has 1 atom stereocenters. The number of ether oxygens (including phenoxy) is 1. The Hall–Kier alpha value is -1.87. The number of hydrogen-bond donors (Lipinski definition) is 1. The van der Waals surface area contributed by atoms with Gasteiger partial charge in [0.25, 0.3) is 0 Å². The minimum absolute atomic E-state index is 0.334. The summed E-state index contributed by atoms with van der Waals surface area (Å²) in [5.41, 5.74) is 9.57. The molecule has 0 aromatic heterocycles. The van der Waals surface area contributed by atoms with Crippen molar-refractivity contribution in [2.75, 3.05) is 0 Å². The molecular formula is C17H20FNO. The number of nitrogens with two attached hydrogens (primary N) is 1. The van der Waals surface area contributed by atoms with Gasteiger partial charge in [-0.25, -0.2) is 4.39 Å². The standard InChI is InChI=1S/C17H20FNO/c1-10-8-11(2)12(3)16(9-10)20-15-7-5-6-14(18)17(15)13(4)19/h5-9,13H,19H2,1-4H3/t13-/m1/s1. The molecule has 0 fully saturated rings. The maximum Gasteiger partial charge on any atom is 0.135 e. The highest BCUT2D eigenvalue weighted by Gasteiger charge is 2.15. The van der Waals surface area contributed by atoms with Crippen LogP contribution < -0.4 is 10.5 Å². The predicted molar refractivity (Wildman–Crippen MR) is 79.7 cm³/mol. The fraction of sp³-hybridized carbons (Fsp3) is 0.294. The van der Waals surface area contributed by atoms with Crippen molar-refractivity contribution < 1.29 is 9.13 Å². The number of hydrogen-bond acceptors (Lipinski definition) is 2. The molecule has 2 nitrogen and oxygen atoms in total. The van der Waals surface area contributed by atoms with Crippen molar-refractivity contribution in [3.8, 4) is 11.5 Å². The van der Waals surface area contributed by atoms with Crippen LogP contribution in [0.25, 0.3) is 0 Å². The maximum atomic E-state index is 13.9. The summed E-state index contributed by atoms with van der Waals surface area (Å²) in [6, 6.07) is 8.42. The average molecular weight is 273 g/mol. The van der Waals surface area contributed by atoms with E-state index in [4.69, 9.17) is 10.5 Å². The van der Waals surface area contributed by atoms with Gasteiger partial charge in [-0.15, -0.1) is 0 Å². The number of rotatable bonds is 3. The van der Waals surface area contributed by atoms with Gasteiger partial charge in [-0.05, 0) is 62.6 Å². The number of halogens is 1. The molecule has 0 radical (unpaired) electrons. The van der Waals surface area contributed by atoms with Crippen LogP contribution in [0.5, 0.6) is 11.5 Å². The van der Waals surface area contributed by atoms with E-state index in [1.54, 1.807) is 19.1 Å². The van der Waals surface area contributed by atoms with Crippen molar-refractivity contribution in [3.63, 3.8) is 0 Å². The molecule has 0 heterocycles. The molecule has 2 aromatic rings. The van der Waals surface area contributed by atoms with E-state index in [1.807, 2.05) is 26.8 Å². The zero-order chi connectivity index (χ0) is 14.9. The van der Waals surface area contributed by atoms with E-state index in [0.717, 1.165) is 22.4 Å². The Morgan fingerprint density at radius 2 is 1.80 bits per heavy atom. The largest absolute Gasteiger partial charge is 0.457 e. The second-order valence-corrected chi connectivity index (χ2v) is 5.25. The molecule has 3 heteroatoms. The summed E-state index contributed by atoms with van der Waals surface area (Å²) in [6.45, 7) is 7.79. The second-order valence-electron chi connectivity index (χ2n) is 5.25. The molecule has 0 spiro atoms. The summed E-state index contributed by atoms with van der Waals surface area (Å²) >= 11 is 0. The summed E-state index contributed by atoms with van der Waals surface area (Å²) in [5.74, 6) is 0.891. The molecule has 0 aliphatic rings. The van der Waals surface area contributed by atoms with Crippen molar-refractivity contribution in [2.24, 2.45) is 5.73 Å². The molecular weight excluding hydrogens is 253 g/mol. The van der Waals surface area contributed by atoms with E-state index in [2.05, 4.69) is 6.07 Å². The lowest BCUT2D eigenvalue weighted by atomic mass is 10.0. The quantitative estimate of drug-likeness (QED) is 0.889. The molecule has 0 unspecified atom stereocenters. The SMILES string of the molecule is Cc1cc(C)c(C)c(Oc2cccc(F)c2[C@@H](C)N)c1. The van der Waals surface area contributed by atoms with E-state index >= 15 is 0 Å². The molecule has 0 amide bonds. The minimum atomic E-state index is -0.419. The first-order valence-corrected chi connectivity index (χ1v) is 6.70. The van der Waals surface area contributed by atoms with Gasteiger partial charge in [-0.3, -0.25) is 0 Å². The van der Waals surface area contributed by atoms with Crippen molar-refractivity contribution in [3.05, 3.63) is 58.4 Å². The van der Waals surface area contributed by atoms with Crippen LogP contribution in [0.3, 0.4) is 0 Å². The third-order valence-corrected chi connectivity index (χ3v) is 3.45. The van der Waals surface area contributed by atoms with Crippen LogP contribution in [-0.4, -0.2) is 0 Å². The third-order valence-electron chi connectivity index (χ3n) is 3.45. The summed E-state index contributed by atoms with van der Waals surface area (Å²) < 4.78 is 19.8. The smallest absolute Gasteiger partial charge is 0.135 e. The summed E-state index contributed by atoms with van der Waals surface area (Å²) in [5, 5.41) is 0. The molecule has 0 saturated heterocycles. The molecule has 106 valence electrons. The highest BCUT2D eigenvalue weighted by atomic mass is 19.1. The fourth-order valence-corrected chi connectivity index (χ4v) is 2.27. The van der Waals surface area contributed by atoms with Crippen molar-refractivity contribution >= 4 is 0 Å². The van der Waals surface area contributed by atoms with Gasteiger partial charge in [0.05, 0.1) is 0 Å². The Morgan fingerprint density at radius 1 is 1.10 bits per heavy atom. The van der Waals surface area contributed by atoms with Crippen LogP contribution in [0.15, 0.2) is 30.3 Å². The highest BCUT2D eigenvalue weighted by molar-refractivity contribution is 5.46. The lowest BCUT2D eigenvalue weighted by Crippen LogP contribution is -2.09. The van der Waals surface area contributed by atoms with Gasteiger partial charge in [0.2, 0.25) is 0 Å². The first-order chi connectivity index (χ1) is 9.40. The van der Waals surface area contributed by atoms with Gasteiger partial charge in [0.15, 0.2) is 0 Å². The Morgan fingerprint density at radius 3 is 2.45 bits per heavy atom. The summed E-state index contributed by atoms with van der Waals surface area (Å²) in [7, 11) is 0. The fourth-order valence-electron chi connectivity index (χ4n) is 2.27. The van der Waals surface area contributed by atoms with Crippen LogP contribution in [0, 0.1) is 26.6 Å². The first kappa shape index (κ1) is 14.5. The van der Waals surface area contributed by atoms with E-state index in [1.165, 1.54) is 6.07 Å². The third kappa shape index (κ3) is 2.83. The summed E-state index contributed by atoms with van der Waals surface area (Å²) in [6.07, 6.45) is 0. The van der Waals surface area contributed by atoms with Gasteiger partial charge in [-0.1, -0.05) is 12.1 Å². The normalized spacial score (nSPS) is 12.3. The average Bonchev–Trinajstić information content (AvgIpc) is 2.35. The van der Waals surface area contributed by atoms with Crippen molar-refractivity contribution in [2.45, 2.75) is 33.7 Å². The molecule has 20 heavy (non-hydrogen) atoms. The van der Waals surface area contributed by atoms with Gasteiger partial charge in [-0.2, -0.15) is 0 Å². The summed E-state index contributed by atoms with van der Waals surface area (Å²) in [4.78, 5) is 0. The lowest BCUT2D eigenvalue weighted by Gasteiger charge is -2.17. The Bertz CT molecular complexity index is 635. The van der Waals surface area contributed by atoms with E-state index in [-0.39, 0.29) is 5.82 Å².